The van der Waals surface area contributed by atoms with Gasteiger partial charge in [-0.3, -0.25) is 4.79 Å². The van der Waals surface area contributed by atoms with Gasteiger partial charge < -0.3 is 19.9 Å². The van der Waals surface area contributed by atoms with Gasteiger partial charge >= 0.3 is 0 Å². The number of hydrogen-bond donors (Lipinski definition) is 2. The first-order chi connectivity index (χ1) is 13.1. The number of carbonyl (C=O) groups is 1. The Hall–Kier alpha value is -3.28. The van der Waals surface area contributed by atoms with Crippen LogP contribution in [0.4, 0.5) is 5.82 Å². The second-order valence-corrected chi connectivity index (χ2v) is 6.64. The summed E-state index contributed by atoms with van der Waals surface area (Å²) < 4.78 is 5.59. The van der Waals surface area contributed by atoms with Gasteiger partial charge in [0.25, 0.3) is 0 Å². The molecule has 0 saturated heterocycles. The van der Waals surface area contributed by atoms with Crippen molar-refractivity contribution in [2.45, 2.75) is 13.0 Å². The highest BCUT2D eigenvalue weighted by Crippen LogP contribution is 2.28. The van der Waals surface area contributed by atoms with Crippen molar-refractivity contribution in [2.24, 2.45) is 0 Å². The maximum Gasteiger partial charge on any atom is 0.246 e. The van der Waals surface area contributed by atoms with E-state index in [4.69, 9.17) is 4.74 Å². The van der Waals surface area contributed by atoms with Crippen molar-refractivity contribution in [3.05, 3.63) is 59.9 Å². The molecule has 6 nitrogen and oxygen atoms in total. The number of aromatic nitrogens is 2. The molecule has 0 radical (unpaired) electrons. The monoisotopic (exact) mass is 362 g/mol. The Kier molecular flexibility index (Phi) is 4.54. The summed E-state index contributed by atoms with van der Waals surface area (Å²) in [4.78, 5) is 22.0. The normalized spacial score (nSPS) is 14.4. The molecule has 2 N–H and O–H groups in total. The first kappa shape index (κ1) is 17.1. The smallest absolute Gasteiger partial charge is 0.246 e. The van der Waals surface area contributed by atoms with Crippen LogP contribution < -0.4 is 10.1 Å². The summed E-state index contributed by atoms with van der Waals surface area (Å²) in [6, 6.07) is 9.95. The number of benzene rings is 1. The van der Waals surface area contributed by atoms with Gasteiger partial charge in [0, 0.05) is 36.4 Å². The topological polar surface area (TPSA) is 70.2 Å². The van der Waals surface area contributed by atoms with Gasteiger partial charge in [-0.2, -0.15) is 0 Å². The summed E-state index contributed by atoms with van der Waals surface area (Å²) >= 11 is 0. The maximum absolute atomic E-state index is 12.6. The number of aromatic amines is 1. The number of fused-ring (bicyclic) bond motifs is 2. The number of hydrogen-bond acceptors (Lipinski definition) is 4. The molecule has 1 aliphatic rings. The molecule has 1 amide bonds. The van der Waals surface area contributed by atoms with Crippen LogP contribution in [-0.4, -0.2) is 41.0 Å². The number of nitrogens with one attached hydrogen (secondary N) is 2. The fourth-order valence-corrected chi connectivity index (χ4v) is 3.25. The van der Waals surface area contributed by atoms with Gasteiger partial charge in [0.1, 0.15) is 6.61 Å². The van der Waals surface area contributed by atoms with E-state index in [2.05, 4.69) is 21.4 Å². The van der Waals surface area contributed by atoms with Crippen LogP contribution in [0.15, 0.2) is 48.8 Å². The van der Waals surface area contributed by atoms with Crippen molar-refractivity contribution in [1.82, 2.24) is 14.9 Å². The molecule has 1 unspecified atom stereocenters. The Morgan fingerprint density at radius 2 is 2.22 bits per heavy atom. The number of ether oxygens (including phenoxy) is 1. The highest BCUT2D eigenvalue weighted by atomic mass is 16.5. The molecule has 1 aliphatic heterocycles. The number of amides is 1. The second kappa shape index (κ2) is 7.15. The lowest BCUT2D eigenvalue weighted by molar-refractivity contribution is -0.126. The molecule has 27 heavy (non-hydrogen) atoms. The quantitative estimate of drug-likeness (QED) is 0.696. The van der Waals surface area contributed by atoms with E-state index in [1.165, 1.54) is 0 Å². The van der Waals surface area contributed by atoms with E-state index in [9.17, 15) is 4.79 Å². The van der Waals surface area contributed by atoms with Crippen LogP contribution in [0.3, 0.4) is 0 Å². The van der Waals surface area contributed by atoms with Crippen LogP contribution in [0.2, 0.25) is 0 Å². The van der Waals surface area contributed by atoms with Gasteiger partial charge in [-0.15, -0.1) is 0 Å². The standard InChI is InChI=1S/C21H22N4O2/c1-14(17-13-23-18-6-4-3-5-16(17)18)25(2)20(26)8-7-15-11-19-21(24-12-15)22-9-10-27-19/h3-8,11-14,23H,9-10H2,1-2H3,(H,22,24)/b8-7+. The third kappa shape index (κ3) is 3.38. The van der Waals surface area contributed by atoms with E-state index in [0.717, 1.165) is 40.1 Å². The lowest BCUT2D eigenvalue weighted by atomic mass is 10.1. The first-order valence-electron chi connectivity index (χ1n) is 9.01. The molecule has 4 rings (SSSR count). The zero-order chi connectivity index (χ0) is 18.8. The van der Waals surface area contributed by atoms with Crippen LogP contribution >= 0.6 is 0 Å². The molecule has 6 heteroatoms. The van der Waals surface area contributed by atoms with Crippen molar-refractivity contribution in [2.75, 3.05) is 25.5 Å². The number of H-pyrrole nitrogens is 1. The molecule has 0 bridgehead atoms. The fourth-order valence-electron chi connectivity index (χ4n) is 3.25. The molecule has 0 aliphatic carbocycles. The molecule has 1 aromatic carbocycles. The van der Waals surface area contributed by atoms with Crippen molar-refractivity contribution in [3.8, 4) is 5.75 Å². The molecule has 3 aromatic rings. The average molecular weight is 362 g/mol. The molecule has 2 aromatic heterocycles. The van der Waals surface area contributed by atoms with E-state index in [-0.39, 0.29) is 11.9 Å². The van der Waals surface area contributed by atoms with E-state index >= 15 is 0 Å². The van der Waals surface area contributed by atoms with Crippen molar-refractivity contribution in [3.63, 3.8) is 0 Å². The predicted octanol–water partition coefficient (Wildman–Crippen LogP) is 3.60. The van der Waals surface area contributed by atoms with Gasteiger partial charge in [0.15, 0.2) is 11.6 Å². The van der Waals surface area contributed by atoms with Crippen LogP contribution in [-0.2, 0) is 4.79 Å². The van der Waals surface area contributed by atoms with Crippen LogP contribution in [0.25, 0.3) is 17.0 Å². The number of likely N-dealkylation sites (N-methyl/N-ethyl adjacent to an activating group) is 1. The maximum atomic E-state index is 12.6. The highest BCUT2D eigenvalue weighted by Gasteiger charge is 2.18. The SMILES string of the molecule is CC(c1c[nH]c2ccccc12)N(C)C(=O)/C=C/c1cnc2c(c1)OCCN2. The number of carbonyl (C=O) groups excluding carboxylic acids is 1. The van der Waals surface area contributed by atoms with Crippen LogP contribution in [0, 0.1) is 0 Å². The molecular weight excluding hydrogens is 340 g/mol. The summed E-state index contributed by atoms with van der Waals surface area (Å²) in [6.45, 7) is 3.40. The fraction of sp³-hybridized carbons (Fsp3) is 0.238. The first-order valence-corrected chi connectivity index (χ1v) is 9.01. The van der Waals surface area contributed by atoms with Crippen LogP contribution in [0.1, 0.15) is 24.1 Å². The third-order valence-corrected chi connectivity index (χ3v) is 4.94. The Morgan fingerprint density at radius 1 is 1.37 bits per heavy atom. The third-order valence-electron chi connectivity index (χ3n) is 4.94. The van der Waals surface area contributed by atoms with Gasteiger partial charge in [0.2, 0.25) is 5.91 Å². The summed E-state index contributed by atoms with van der Waals surface area (Å²) in [5.41, 5.74) is 3.01. The van der Waals surface area contributed by atoms with E-state index in [1.807, 2.05) is 44.4 Å². The highest BCUT2D eigenvalue weighted by molar-refractivity contribution is 5.92. The van der Waals surface area contributed by atoms with Gasteiger partial charge in [-0.25, -0.2) is 4.98 Å². The van der Waals surface area contributed by atoms with E-state index < -0.39 is 0 Å². The Bertz CT molecular complexity index is 1010. The Balaban J connectivity index is 1.49. The summed E-state index contributed by atoms with van der Waals surface area (Å²) in [5.74, 6) is 1.40. The number of para-hydroxylation sites is 1. The summed E-state index contributed by atoms with van der Waals surface area (Å²) in [6.07, 6.45) is 7.05. The van der Waals surface area contributed by atoms with Crippen LogP contribution in [0.5, 0.6) is 5.75 Å². The zero-order valence-corrected chi connectivity index (χ0v) is 15.4. The molecular formula is C21H22N4O2. The number of anilines is 1. The number of pyridine rings is 1. The number of nitrogens with zero attached hydrogens (tertiary/aromatic N) is 2. The molecule has 0 spiro atoms. The molecule has 0 fully saturated rings. The van der Waals surface area contributed by atoms with Gasteiger partial charge in [0.05, 0.1) is 12.6 Å². The second-order valence-electron chi connectivity index (χ2n) is 6.64. The van der Waals surface area contributed by atoms with Crippen molar-refractivity contribution >= 4 is 28.7 Å². The lowest BCUT2D eigenvalue weighted by Gasteiger charge is -2.23. The van der Waals surface area contributed by atoms with E-state index in [1.54, 1.807) is 23.2 Å². The minimum atomic E-state index is -0.0652. The summed E-state index contributed by atoms with van der Waals surface area (Å²) in [7, 11) is 1.82. The largest absolute Gasteiger partial charge is 0.488 e. The lowest BCUT2D eigenvalue weighted by Crippen LogP contribution is -2.27. The zero-order valence-electron chi connectivity index (χ0n) is 15.4. The van der Waals surface area contributed by atoms with Gasteiger partial charge in [-0.05, 0) is 36.3 Å². The average Bonchev–Trinajstić information content (AvgIpc) is 3.15. The Morgan fingerprint density at radius 3 is 3.11 bits per heavy atom. The van der Waals surface area contributed by atoms with Crippen molar-refractivity contribution < 1.29 is 9.53 Å². The Labute approximate surface area is 157 Å². The molecule has 1 atom stereocenters. The van der Waals surface area contributed by atoms with E-state index in [0.29, 0.717) is 6.61 Å². The predicted molar refractivity (Wildman–Crippen MR) is 107 cm³/mol. The number of rotatable bonds is 4. The molecule has 138 valence electrons. The summed E-state index contributed by atoms with van der Waals surface area (Å²) in [5, 5.41) is 4.32. The molecule has 3 heterocycles. The van der Waals surface area contributed by atoms with Gasteiger partial charge in [-0.1, -0.05) is 18.2 Å². The molecule has 0 saturated carbocycles. The van der Waals surface area contributed by atoms with Crippen molar-refractivity contribution in [1.29, 1.82) is 0 Å². The minimum absolute atomic E-state index is 0.0486. The minimum Gasteiger partial charge on any atom is -0.488 e.